The molecule has 0 saturated heterocycles. The van der Waals surface area contributed by atoms with Crippen molar-refractivity contribution in [3.05, 3.63) is 22.3 Å². The lowest BCUT2D eigenvalue weighted by molar-refractivity contribution is -0.144. The molecule has 94 valence electrons. The van der Waals surface area contributed by atoms with Crippen LogP contribution in [0, 0.1) is 0 Å². The average molecular weight is 302 g/mol. The maximum absolute atomic E-state index is 11.3. The summed E-state index contributed by atoms with van der Waals surface area (Å²) in [4.78, 5) is 17.1. The van der Waals surface area contributed by atoms with E-state index in [1.165, 1.54) is 0 Å². The van der Waals surface area contributed by atoms with Crippen molar-refractivity contribution >= 4 is 27.7 Å². The second-order valence-electron chi connectivity index (χ2n) is 3.68. The molecular formula is C11H16BrN3O2. The van der Waals surface area contributed by atoms with Gasteiger partial charge in [-0.2, -0.15) is 0 Å². The zero-order chi connectivity index (χ0) is 12.8. The zero-order valence-electron chi connectivity index (χ0n) is 9.94. The minimum atomic E-state index is -0.239. The Kier molecular flexibility index (Phi) is 5.37. The van der Waals surface area contributed by atoms with Crippen molar-refractivity contribution < 1.29 is 9.53 Å². The summed E-state index contributed by atoms with van der Waals surface area (Å²) in [7, 11) is 1.83. The molecule has 0 spiro atoms. The smallest absolute Gasteiger partial charge is 0.320 e. The van der Waals surface area contributed by atoms with Crippen LogP contribution in [-0.2, 0) is 16.1 Å². The first kappa shape index (κ1) is 13.9. The Morgan fingerprint density at radius 1 is 1.65 bits per heavy atom. The summed E-state index contributed by atoms with van der Waals surface area (Å²) in [5.41, 5.74) is 6.63. The number of hydrogen-bond acceptors (Lipinski definition) is 5. The highest BCUT2D eigenvalue weighted by Crippen LogP contribution is 2.16. The standard InChI is InChI=1S/C11H16BrN3O2/c1-3-17-10(16)7-15(2)6-8-4-9(12)5-14-11(8)13/h4-5H,3,6-7H2,1-2H3,(H2,13,14). The van der Waals surface area contributed by atoms with Crippen molar-refractivity contribution in [2.45, 2.75) is 13.5 Å². The van der Waals surface area contributed by atoms with Gasteiger partial charge in [0, 0.05) is 22.8 Å². The van der Waals surface area contributed by atoms with Crippen molar-refractivity contribution in [2.24, 2.45) is 0 Å². The molecule has 0 aromatic carbocycles. The van der Waals surface area contributed by atoms with Gasteiger partial charge in [-0.3, -0.25) is 9.69 Å². The summed E-state index contributed by atoms with van der Waals surface area (Å²) in [5, 5.41) is 0. The number of ether oxygens (including phenoxy) is 1. The van der Waals surface area contributed by atoms with Crippen LogP contribution < -0.4 is 5.73 Å². The number of esters is 1. The molecule has 17 heavy (non-hydrogen) atoms. The first-order valence-electron chi connectivity index (χ1n) is 5.27. The molecule has 0 bridgehead atoms. The highest BCUT2D eigenvalue weighted by atomic mass is 79.9. The summed E-state index contributed by atoms with van der Waals surface area (Å²) < 4.78 is 5.73. The van der Waals surface area contributed by atoms with Crippen LogP contribution >= 0.6 is 15.9 Å². The third-order valence-electron chi connectivity index (χ3n) is 2.11. The molecule has 0 aliphatic carbocycles. The zero-order valence-corrected chi connectivity index (χ0v) is 11.5. The van der Waals surface area contributed by atoms with Gasteiger partial charge >= 0.3 is 5.97 Å². The van der Waals surface area contributed by atoms with Crippen molar-refractivity contribution in [3.63, 3.8) is 0 Å². The molecule has 1 aromatic heterocycles. The van der Waals surface area contributed by atoms with Crippen LogP contribution in [0.3, 0.4) is 0 Å². The lowest BCUT2D eigenvalue weighted by Crippen LogP contribution is -2.27. The van der Waals surface area contributed by atoms with E-state index in [4.69, 9.17) is 10.5 Å². The lowest BCUT2D eigenvalue weighted by Gasteiger charge is -2.16. The molecule has 0 saturated carbocycles. The molecule has 0 amide bonds. The van der Waals surface area contributed by atoms with Gasteiger partial charge in [0.15, 0.2) is 0 Å². The maximum Gasteiger partial charge on any atom is 0.320 e. The SMILES string of the molecule is CCOC(=O)CN(C)Cc1cc(Br)cnc1N. The van der Waals surface area contributed by atoms with Crippen LogP contribution in [-0.4, -0.2) is 36.1 Å². The summed E-state index contributed by atoms with van der Waals surface area (Å²) in [6, 6.07) is 1.89. The molecule has 5 nitrogen and oxygen atoms in total. The second-order valence-corrected chi connectivity index (χ2v) is 4.59. The van der Waals surface area contributed by atoms with E-state index in [2.05, 4.69) is 20.9 Å². The monoisotopic (exact) mass is 301 g/mol. The minimum Gasteiger partial charge on any atom is -0.465 e. The predicted molar refractivity (Wildman–Crippen MR) is 69.3 cm³/mol. The molecule has 1 aromatic rings. The van der Waals surface area contributed by atoms with E-state index < -0.39 is 0 Å². The van der Waals surface area contributed by atoms with Gasteiger partial charge in [-0.15, -0.1) is 0 Å². The van der Waals surface area contributed by atoms with Crippen LogP contribution in [0.15, 0.2) is 16.7 Å². The number of pyridine rings is 1. The molecule has 6 heteroatoms. The van der Waals surface area contributed by atoms with Crippen molar-refractivity contribution in [3.8, 4) is 0 Å². The number of nitrogens with two attached hydrogens (primary N) is 1. The van der Waals surface area contributed by atoms with E-state index in [0.29, 0.717) is 19.0 Å². The topological polar surface area (TPSA) is 68.5 Å². The van der Waals surface area contributed by atoms with Gasteiger partial charge in [-0.05, 0) is 36.0 Å². The van der Waals surface area contributed by atoms with E-state index in [0.717, 1.165) is 10.0 Å². The van der Waals surface area contributed by atoms with Gasteiger partial charge in [0.25, 0.3) is 0 Å². The fraction of sp³-hybridized carbons (Fsp3) is 0.455. The molecular weight excluding hydrogens is 286 g/mol. The average Bonchev–Trinajstić information content (AvgIpc) is 2.23. The van der Waals surface area contributed by atoms with E-state index in [-0.39, 0.29) is 12.5 Å². The fourth-order valence-corrected chi connectivity index (χ4v) is 1.77. The third kappa shape index (κ3) is 4.70. The van der Waals surface area contributed by atoms with Crippen LogP contribution in [0.1, 0.15) is 12.5 Å². The molecule has 1 rings (SSSR count). The Labute approximate surface area is 109 Å². The first-order chi connectivity index (χ1) is 8.02. The number of likely N-dealkylation sites (N-methyl/N-ethyl adjacent to an activating group) is 1. The fourth-order valence-electron chi connectivity index (χ4n) is 1.39. The maximum atomic E-state index is 11.3. The van der Waals surface area contributed by atoms with Gasteiger partial charge < -0.3 is 10.5 Å². The van der Waals surface area contributed by atoms with Gasteiger partial charge in [-0.25, -0.2) is 4.98 Å². The Bertz CT molecular complexity index is 398. The van der Waals surface area contributed by atoms with E-state index in [1.54, 1.807) is 13.1 Å². The molecule has 0 aliphatic rings. The Morgan fingerprint density at radius 3 is 3.00 bits per heavy atom. The highest BCUT2D eigenvalue weighted by molar-refractivity contribution is 9.10. The van der Waals surface area contributed by atoms with Crippen LogP contribution in [0.5, 0.6) is 0 Å². The molecule has 1 heterocycles. The molecule has 0 radical (unpaired) electrons. The van der Waals surface area contributed by atoms with Crippen molar-refractivity contribution in [1.29, 1.82) is 0 Å². The van der Waals surface area contributed by atoms with Crippen molar-refractivity contribution in [1.82, 2.24) is 9.88 Å². The van der Waals surface area contributed by atoms with Crippen LogP contribution in [0.4, 0.5) is 5.82 Å². The van der Waals surface area contributed by atoms with Gasteiger partial charge in [0.05, 0.1) is 13.2 Å². The summed E-state index contributed by atoms with van der Waals surface area (Å²) in [6.45, 7) is 2.97. The van der Waals surface area contributed by atoms with E-state index >= 15 is 0 Å². The van der Waals surface area contributed by atoms with Gasteiger partial charge in [0.1, 0.15) is 5.82 Å². The third-order valence-corrected chi connectivity index (χ3v) is 2.55. The number of rotatable bonds is 5. The quantitative estimate of drug-likeness (QED) is 0.833. The predicted octanol–water partition coefficient (Wildman–Crippen LogP) is 1.42. The molecule has 0 aliphatic heterocycles. The number of aromatic nitrogens is 1. The molecule has 0 atom stereocenters. The Hall–Kier alpha value is -1.14. The van der Waals surface area contributed by atoms with E-state index in [1.807, 2.05) is 18.0 Å². The van der Waals surface area contributed by atoms with Crippen LogP contribution in [0.2, 0.25) is 0 Å². The van der Waals surface area contributed by atoms with E-state index in [9.17, 15) is 4.79 Å². The molecule has 0 unspecified atom stereocenters. The highest BCUT2D eigenvalue weighted by Gasteiger charge is 2.10. The number of hydrogen-bond donors (Lipinski definition) is 1. The second kappa shape index (κ2) is 6.56. The molecule has 0 fully saturated rings. The lowest BCUT2D eigenvalue weighted by atomic mass is 10.2. The Balaban J connectivity index is 2.58. The number of halogens is 1. The number of nitrogens with zero attached hydrogens (tertiary/aromatic N) is 2. The number of carbonyl (C=O) groups excluding carboxylic acids is 1. The van der Waals surface area contributed by atoms with Gasteiger partial charge in [0.2, 0.25) is 0 Å². The van der Waals surface area contributed by atoms with Gasteiger partial charge in [-0.1, -0.05) is 0 Å². The Morgan fingerprint density at radius 2 is 2.35 bits per heavy atom. The largest absolute Gasteiger partial charge is 0.465 e. The number of nitrogen functional groups attached to an aromatic ring is 1. The number of carbonyl (C=O) groups is 1. The summed E-state index contributed by atoms with van der Waals surface area (Å²) in [6.07, 6.45) is 1.64. The number of anilines is 1. The molecule has 2 N–H and O–H groups in total. The normalized spacial score (nSPS) is 10.6. The summed E-state index contributed by atoms with van der Waals surface area (Å²) in [5.74, 6) is 0.237. The first-order valence-corrected chi connectivity index (χ1v) is 6.06. The van der Waals surface area contributed by atoms with Crippen molar-refractivity contribution in [2.75, 3.05) is 25.9 Å². The van der Waals surface area contributed by atoms with Crippen LogP contribution in [0.25, 0.3) is 0 Å². The minimum absolute atomic E-state index is 0.236. The summed E-state index contributed by atoms with van der Waals surface area (Å²) >= 11 is 3.33.